The van der Waals surface area contributed by atoms with Crippen LogP contribution in [-0.4, -0.2) is 124 Å². The SMILES string of the molecule is COc1ccc(CN2CC3(CCC(N)(c4ccccc4)CC3)N(CC3(O)CCC3)C2=O)cc1.COc1ccc(CN2CC3(CCC(c4ccccc4)(N(C)C)CC3)N(CC3(O)CCC3)C2=O)cc1. The van der Waals surface area contributed by atoms with Crippen LogP contribution in [0, 0.1) is 0 Å². The highest BCUT2D eigenvalue weighted by Gasteiger charge is 2.57. The molecule has 6 aliphatic rings. The lowest BCUT2D eigenvalue weighted by molar-refractivity contribution is -0.0725. The van der Waals surface area contributed by atoms with Crippen molar-refractivity contribution >= 4 is 12.1 Å². The summed E-state index contributed by atoms with van der Waals surface area (Å²) in [6, 6.07) is 37.1. The van der Waals surface area contributed by atoms with Crippen LogP contribution < -0.4 is 15.2 Å². The van der Waals surface area contributed by atoms with E-state index >= 15 is 0 Å². The maximum atomic E-state index is 13.8. The topological polar surface area (TPSA) is 135 Å². The van der Waals surface area contributed by atoms with Crippen molar-refractivity contribution < 1.29 is 29.3 Å². The molecule has 10 rings (SSSR count). The summed E-state index contributed by atoms with van der Waals surface area (Å²) in [5.74, 6) is 1.63. The monoisotopic (exact) mass is 927 g/mol. The minimum atomic E-state index is -0.741. The molecule has 4 aliphatic carbocycles. The van der Waals surface area contributed by atoms with Crippen LogP contribution in [0.1, 0.15) is 112 Å². The van der Waals surface area contributed by atoms with Gasteiger partial charge in [-0.3, -0.25) is 4.90 Å². The van der Waals surface area contributed by atoms with Gasteiger partial charge in [0, 0.05) is 37.3 Å². The average Bonchev–Trinajstić information content (AvgIpc) is 3.73. The van der Waals surface area contributed by atoms with Gasteiger partial charge in [-0.1, -0.05) is 84.9 Å². The maximum Gasteiger partial charge on any atom is 0.321 e. The number of amides is 4. The summed E-state index contributed by atoms with van der Waals surface area (Å²) in [4.78, 5) is 37.8. The van der Waals surface area contributed by atoms with Gasteiger partial charge >= 0.3 is 12.1 Å². The minimum absolute atomic E-state index is 0.0298. The molecule has 0 radical (unpaired) electrons. The second kappa shape index (κ2) is 19.0. The average molecular weight is 927 g/mol. The lowest BCUT2D eigenvalue weighted by Gasteiger charge is -2.52. The fourth-order valence-electron chi connectivity index (χ4n) is 12.4. The van der Waals surface area contributed by atoms with Crippen molar-refractivity contribution in [1.29, 1.82) is 0 Å². The fourth-order valence-corrected chi connectivity index (χ4v) is 12.4. The largest absolute Gasteiger partial charge is 0.497 e. The lowest BCUT2D eigenvalue weighted by atomic mass is 9.67. The number of nitrogens with zero attached hydrogens (tertiary/aromatic N) is 5. The second-order valence-electron chi connectivity index (χ2n) is 21.6. The van der Waals surface area contributed by atoms with Crippen molar-refractivity contribution in [3.8, 4) is 11.5 Å². The van der Waals surface area contributed by atoms with Gasteiger partial charge in [-0.2, -0.15) is 0 Å². The van der Waals surface area contributed by atoms with Crippen LogP contribution in [0.2, 0.25) is 0 Å². The van der Waals surface area contributed by atoms with Crippen LogP contribution in [0.15, 0.2) is 109 Å². The number of benzene rings is 4. The molecule has 4 saturated carbocycles. The Bertz CT molecular complexity index is 2340. The van der Waals surface area contributed by atoms with Crippen molar-refractivity contribution in [2.24, 2.45) is 5.73 Å². The summed E-state index contributed by atoms with van der Waals surface area (Å²) >= 11 is 0. The van der Waals surface area contributed by atoms with Crippen LogP contribution >= 0.6 is 0 Å². The molecular weight excluding hydrogens is 853 g/mol. The Balaban J connectivity index is 0.000000170. The number of ether oxygens (including phenoxy) is 2. The Morgan fingerprint density at radius 1 is 0.529 bits per heavy atom. The molecule has 4 N–H and O–H groups in total. The van der Waals surface area contributed by atoms with Crippen molar-refractivity contribution in [2.75, 3.05) is 54.5 Å². The predicted octanol–water partition coefficient (Wildman–Crippen LogP) is 8.63. The quantitative estimate of drug-likeness (QED) is 0.121. The molecule has 0 bridgehead atoms. The first kappa shape index (κ1) is 47.9. The third-order valence-corrected chi connectivity index (χ3v) is 17.3. The van der Waals surface area contributed by atoms with Gasteiger partial charge in [0.05, 0.1) is 49.6 Å². The zero-order valence-electron chi connectivity index (χ0n) is 40.9. The number of aliphatic hydroxyl groups is 2. The minimum Gasteiger partial charge on any atom is -0.497 e. The smallest absolute Gasteiger partial charge is 0.321 e. The van der Waals surface area contributed by atoms with E-state index in [0.29, 0.717) is 39.3 Å². The van der Waals surface area contributed by atoms with Gasteiger partial charge in [0.2, 0.25) is 0 Å². The molecule has 12 heteroatoms. The molecule has 12 nitrogen and oxygen atoms in total. The van der Waals surface area contributed by atoms with Crippen LogP contribution in [0.3, 0.4) is 0 Å². The van der Waals surface area contributed by atoms with Crippen molar-refractivity contribution in [2.45, 2.75) is 136 Å². The Morgan fingerprint density at radius 2 is 0.912 bits per heavy atom. The first-order valence-electron chi connectivity index (χ1n) is 25.1. The molecular formula is C56H74N6O6. The van der Waals surface area contributed by atoms with Crippen molar-refractivity contribution in [3.05, 3.63) is 131 Å². The predicted molar refractivity (Wildman–Crippen MR) is 265 cm³/mol. The lowest BCUT2D eigenvalue weighted by Crippen LogP contribution is -2.59. The highest BCUT2D eigenvalue weighted by atomic mass is 16.5. The van der Waals surface area contributed by atoms with Crippen molar-refractivity contribution in [1.82, 2.24) is 24.5 Å². The van der Waals surface area contributed by atoms with Gasteiger partial charge in [-0.25, -0.2) is 9.59 Å². The molecule has 4 amide bonds. The number of methoxy groups -OCH3 is 2. The normalized spacial score (nSPS) is 28.4. The molecule has 4 aromatic carbocycles. The Morgan fingerprint density at radius 3 is 1.26 bits per heavy atom. The molecule has 2 heterocycles. The fraction of sp³-hybridized carbons (Fsp3) is 0.536. The maximum absolute atomic E-state index is 13.8. The first-order valence-corrected chi connectivity index (χ1v) is 25.1. The van der Waals surface area contributed by atoms with E-state index in [9.17, 15) is 19.8 Å². The molecule has 4 aromatic rings. The van der Waals surface area contributed by atoms with Gasteiger partial charge in [0.25, 0.3) is 0 Å². The van der Waals surface area contributed by atoms with E-state index in [1.54, 1.807) is 14.2 Å². The number of rotatable bonds is 13. The molecule has 2 spiro atoms. The van der Waals surface area contributed by atoms with E-state index < -0.39 is 11.2 Å². The number of urea groups is 2. The third-order valence-electron chi connectivity index (χ3n) is 17.3. The summed E-state index contributed by atoms with van der Waals surface area (Å²) < 4.78 is 10.6. The van der Waals surface area contributed by atoms with Gasteiger partial charge < -0.3 is 45.0 Å². The van der Waals surface area contributed by atoms with Gasteiger partial charge in [0.15, 0.2) is 0 Å². The highest BCUT2D eigenvalue weighted by molar-refractivity contribution is 5.79. The number of hydrogen-bond donors (Lipinski definition) is 3. The van der Waals surface area contributed by atoms with E-state index in [2.05, 4.69) is 66.4 Å². The summed E-state index contributed by atoms with van der Waals surface area (Å²) in [7, 11) is 7.67. The van der Waals surface area contributed by atoms with Crippen LogP contribution in [0.25, 0.3) is 0 Å². The number of nitrogens with two attached hydrogens (primary N) is 1. The summed E-state index contributed by atoms with van der Waals surface area (Å²) in [5, 5.41) is 22.0. The molecule has 0 atom stereocenters. The van der Waals surface area contributed by atoms with E-state index in [1.807, 2.05) is 81.4 Å². The Hall–Kier alpha value is -5.14. The molecule has 0 unspecified atom stereocenters. The molecule has 2 aliphatic heterocycles. The van der Waals surface area contributed by atoms with E-state index in [0.717, 1.165) is 113 Å². The number of hydrogen-bond acceptors (Lipinski definition) is 8. The number of carbonyl (C=O) groups excluding carboxylic acids is 2. The molecule has 0 aromatic heterocycles. The van der Waals surface area contributed by atoms with E-state index in [1.165, 1.54) is 11.1 Å². The van der Waals surface area contributed by atoms with Crippen LogP contribution in [0.4, 0.5) is 9.59 Å². The first-order chi connectivity index (χ1) is 32.6. The zero-order chi connectivity index (χ0) is 47.8. The highest BCUT2D eigenvalue weighted by Crippen LogP contribution is 2.51. The van der Waals surface area contributed by atoms with E-state index in [4.69, 9.17) is 15.2 Å². The number of β-amino-alcohol motifs (C(OH)–C–C–N with tert-alkyl or cyclic N) is 2. The second-order valence-corrected chi connectivity index (χ2v) is 21.6. The van der Waals surface area contributed by atoms with Crippen molar-refractivity contribution in [3.63, 3.8) is 0 Å². The van der Waals surface area contributed by atoms with E-state index in [-0.39, 0.29) is 34.2 Å². The van der Waals surface area contributed by atoms with Crippen LogP contribution in [0.5, 0.6) is 11.5 Å². The third kappa shape index (κ3) is 9.33. The van der Waals surface area contributed by atoms with Gasteiger partial charge in [-0.15, -0.1) is 0 Å². The summed E-state index contributed by atoms with van der Waals surface area (Å²) in [6.07, 6.45) is 12.4. The molecule has 6 fully saturated rings. The Labute approximate surface area is 404 Å². The Kier molecular flexibility index (Phi) is 13.4. The zero-order valence-corrected chi connectivity index (χ0v) is 40.9. The van der Waals surface area contributed by atoms with Gasteiger partial charge in [-0.05, 0) is 151 Å². The molecule has 364 valence electrons. The standard InChI is InChI=1S/C29H39N3O3.C27H35N3O3/c1-30(2)29(24-8-5-4-6-9-24)18-16-27(17-19-29)21-31(20-23-10-12-25(35-3)13-11-23)26(33)32(27)22-28(34)14-7-15-28;1-33-23-10-8-21(9-11-23)18-29-19-25(30(24(29)31)20-26(32)12-5-13-26)14-16-27(28,17-15-25)22-6-3-2-4-7-22/h4-6,8-13,34H,7,14-22H2,1-3H3;2-4,6-11,32H,5,12-20,28H2,1H3. The summed E-state index contributed by atoms with van der Waals surface area (Å²) in [5.41, 5.74) is 9.22. The van der Waals surface area contributed by atoms with Crippen LogP contribution in [-0.2, 0) is 24.2 Å². The van der Waals surface area contributed by atoms with Gasteiger partial charge in [0.1, 0.15) is 11.5 Å². The molecule has 68 heavy (non-hydrogen) atoms. The molecule has 2 saturated heterocycles. The summed E-state index contributed by atoms with van der Waals surface area (Å²) in [6.45, 7) is 3.41. The number of carbonyl (C=O) groups is 2.